The molecule has 0 amide bonds. The average Bonchev–Trinajstić information content (AvgIpc) is 0.784. The number of esters is 1. The highest BCUT2D eigenvalue weighted by molar-refractivity contribution is 7.99. The first-order valence-corrected chi connectivity index (χ1v) is 55.1. The fourth-order valence-corrected chi connectivity index (χ4v) is 24.6. The average molecular weight is 1970 g/mol. The molecule has 0 spiro atoms. The van der Waals surface area contributed by atoms with Crippen molar-refractivity contribution in [2.45, 2.75) is 336 Å². The lowest BCUT2D eigenvalue weighted by atomic mass is 9.60. The number of allylic oxidation sites excluding steroid dienone is 42. The van der Waals surface area contributed by atoms with Crippen molar-refractivity contribution in [3.63, 3.8) is 0 Å². The number of hydrogen-bond donors (Lipinski definition) is 3. The summed E-state index contributed by atoms with van der Waals surface area (Å²) >= 11 is 1.92. The summed E-state index contributed by atoms with van der Waals surface area (Å²) in [5.41, 5.74) is 29.9. The third-order valence-electron chi connectivity index (χ3n) is 31.1. The minimum Gasteiger partial charge on any atom is -0.496 e. The second-order valence-electron chi connectivity index (χ2n) is 46.3. The maximum atomic E-state index is 11.6. The van der Waals surface area contributed by atoms with Gasteiger partial charge in [0.1, 0.15) is 11.4 Å². The van der Waals surface area contributed by atoms with Crippen molar-refractivity contribution in [2.75, 3.05) is 19.5 Å². The fourth-order valence-electron chi connectivity index (χ4n) is 23.1. The summed E-state index contributed by atoms with van der Waals surface area (Å²) in [7, 11) is 1.81. The Hall–Kier alpha value is -10.9. The van der Waals surface area contributed by atoms with Crippen LogP contribution in [0.25, 0.3) is 21.9 Å². The van der Waals surface area contributed by atoms with Gasteiger partial charge in [-0.2, -0.15) is 0 Å². The molecule has 1 aliphatic heterocycles. The lowest BCUT2D eigenvalue weighted by Gasteiger charge is -2.45. The molecule has 2 heterocycles. The number of methoxy groups -OCH3 is 1. The molecule has 772 valence electrons. The Balaban J connectivity index is 0.000000201. The van der Waals surface area contributed by atoms with E-state index in [1.165, 1.54) is 239 Å². The molecule has 8 aliphatic rings. The zero-order chi connectivity index (χ0) is 105. The van der Waals surface area contributed by atoms with Gasteiger partial charge in [-0.05, 0) is 377 Å². The molecule has 4 unspecified atom stereocenters. The Kier molecular flexibility index (Phi) is 44.2. The molecule has 13 rings (SSSR count). The van der Waals surface area contributed by atoms with E-state index in [-0.39, 0.29) is 34.4 Å². The molecule has 1 aromatic heterocycles. The van der Waals surface area contributed by atoms with Gasteiger partial charge in [-0.25, -0.2) is 14.6 Å². The minimum atomic E-state index is -0.885. The van der Waals surface area contributed by atoms with Crippen molar-refractivity contribution in [3.8, 4) is 28.7 Å². The van der Waals surface area contributed by atoms with Crippen molar-refractivity contribution >= 4 is 34.5 Å². The summed E-state index contributed by atoms with van der Waals surface area (Å²) in [6.07, 6.45) is 91.9. The summed E-state index contributed by atoms with van der Waals surface area (Å²) < 4.78 is 10.9. The number of aliphatic hydroxyl groups excluding tert-OH is 2. The molecule has 0 saturated heterocycles. The molecule has 7 aliphatic carbocycles. The molecular formula is C136H175NO7S. The lowest BCUT2D eigenvalue weighted by molar-refractivity contribution is 0.0525. The first-order chi connectivity index (χ1) is 68.9. The SMILES string of the molecule is CC1=C(/C=C/C(C)=C/C=C/C(C)=C/C=C/C=C(C)/C=C/C=C(C)/C=C/C2=C(C)CC(O)CC2(C)C)C(C)(C)CC(O)C1.CC1=C(/C=C/C(C)=C/C=C/C(C)=C/C=C/C=C(C)/C=C/C=C(C)/C=C/C2=C(C)CCCC2(C)C)C(C)(C)CCC1.CCOC(=O)c1ccc(C#Cc2ccc3c(c2)C(C)(C)CCS3)nc1.COc1ccc(-c2ccc3cc(C(=O)O)ccc3c2)cc1CC12CCCC3CCCC(CCC1)CC(C3)C2. The number of nitrogens with zero attached hydrogens (tertiary/aromatic N) is 1. The normalized spacial score (nSPS) is 23.1. The van der Waals surface area contributed by atoms with Crippen LogP contribution in [0.15, 0.2) is 355 Å². The molecule has 3 fully saturated rings. The van der Waals surface area contributed by atoms with Gasteiger partial charge in [0.25, 0.3) is 0 Å². The number of ether oxygens (including phenoxy) is 2. The zero-order valence-electron chi connectivity index (χ0n) is 92.9. The molecule has 4 atom stereocenters. The number of carbonyl (C=O) groups is 2. The van der Waals surface area contributed by atoms with E-state index in [1.807, 2.05) is 31.0 Å². The minimum absolute atomic E-state index is 0.00547. The van der Waals surface area contributed by atoms with Crippen LogP contribution < -0.4 is 4.74 Å². The van der Waals surface area contributed by atoms with Crippen molar-refractivity contribution in [2.24, 2.45) is 44.8 Å². The maximum Gasteiger partial charge on any atom is 0.339 e. The lowest BCUT2D eigenvalue weighted by Crippen LogP contribution is -2.34. The highest BCUT2D eigenvalue weighted by Gasteiger charge is 2.41. The van der Waals surface area contributed by atoms with E-state index in [4.69, 9.17) is 9.47 Å². The summed E-state index contributed by atoms with van der Waals surface area (Å²) in [5, 5.41) is 31.6. The Bertz CT molecular complexity index is 5920. The van der Waals surface area contributed by atoms with Crippen molar-refractivity contribution in [1.29, 1.82) is 0 Å². The number of aromatic nitrogens is 1. The van der Waals surface area contributed by atoms with E-state index in [9.17, 15) is 24.9 Å². The predicted molar refractivity (Wildman–Crippen MR) is 621 cm³/mol. The molecule has 3 saturated carbocycles. The molecule has 5 aromatic rings. The third-order valence-corrected chi connectivity index (χ3v) is 32.2. The highest BCUT2D eigenvalue weighted by Crippen LogP contribution is 2.53. The van der Waals surface area contributed by atoms with Crippen LogP contribution in [0.2, 0.25) is 0 Å². The van der Waals surface area contributed by atoms with Gasteiger partial charge in [0.2, 0.25) is 0 Å². The highest BCUT2D eigenvalue weighted by atomic mass is 32.2. The van der Waals surface area contributed by atoms with Gasteiger partial charge in [-0.3, -0.25) is 0 Å². The van der Waals surface area contributed by atoms with Crippen LogP contribution in [-0.4, -0.2) is 63.9 Å². The van der Waals surface area contributed by atoms with Crippen LogP contribution >= 0.6 is 11.8 Å². The Morgan fingerprint density at radius 2 is 0.862 bits per heavy atom. The Morgan fingerprint density at radius 1 is 0.434 bits per heavy atom. The topological polar surface area (TPSA) is 126 Å². The summed E-state index contributed by atoms with van der Waals surface area (Å²) in [4.78, 5) is 28.6. The number of thioether (sulfide) groups is 1. The van der Waals surface area contributed by atoms with Gasteiger partial charge in [-0.15, -0.1) is 11.8 Å². The van der Waals surface area contributed by atoms with Gasteiger partial charge in [0.15, 0.2) is 0 Å². The number of fused-ring (bicyclic) bond motifs is 5. The van der Waals surface area contributed by atoms with Crippen LogP contribution in [0.5, 0.6) is 5.75 Å². The van der Waals surface area contributed by atoms with Gasteiger partial charge < -0.3 is 24.8 Å². The second kappa shape index (κ2) is 55.2. The van der Waals surface area contributed by atoms with E-state index < -0.39 is 5.97 Å². The number of pyridine rings is 1. The van der Waals surface area contributed by atoms with Crippen molar-refractivity contribution in [3.05, 3.63) is 384 Å². The largest absolute Gasteiger partial charge is 0.496 e. The predicted octanol–water partition coefficient (Wildman–Crippen LogP) is 36.9. The van der Waals surface area contributed by atoms with Crippen LogP contribution in [0.4, 0.5) is 0 Å². The molecule has 3 N–H and O–H groups in total. The summed E-state index contributed by atoms with van der Waals surface area (Å²) in [6, 6.07) is 28.3. The molecule has 4 aromatic carbocycles. The van der Waals surface area contributed by atoms with E-state index in [0.717, 1.165) is 71.9 Å². The first-order valence-electron chi connectivity index (χ1n) is 54.1. The van der Waals surface area contributed by atoms with Crippen LogP contribution in [0.1, 0.15) is 350 Å². The standard InChI is InChI=1S/C40H56O2.C40H56.C35H42O3.C21H21NO2S/c1-29(17-13-19-31(3)21-23-37-33(5)25-35(41)27-39(37,7)8)15-11-12-16-30(2)18-14-20-32(4)22-24-38-34(6)26-36(42)28-40(38,9)10;1-31(19-13-21-33(3)25-27-37-35(5)23-15-29-39(37,7)8)17-11-12-18-32(2)20-14-22-34(4)26-28-38-36(6)24-16-30-40(38,9)10;1-38-33-14-13-30(27-9-10-29-20-31(34(36)37)12-11-28(29)19-27)21-32(33)23-35-15-3-7-24-5-2-6-25(8-4-16-35)18-26(17-24)22-35;1-4-24-20(23)16-7-9-17(22-14-16)8-5-15-6-10-19-18(13-15)21(2,3)11-12-25-19/h11-24,35-36,41-42H,25-28H2,1-10H3;11-14,17-22,25-28H,15-16,23-24,29-30H2,1-10H3;9-14,19-21,24-26H,2-8,15-18,22-23H2,1H3,(H,36,37);6-7,9-10,13-14H,4,11-12H2,1-3H3/b12-11+,17-13+,18-14+,23-21+,24-22+,29-15+,30-16+,31-19+,32-20+;12-11+,19-13+,20-14+,27-25+,28-26+,31-17+,32-18+,33-21+,34-22+;;. The second-order valence-corrected chi connectivity index (χ2v) is 47.5. The van der Waals surface area contributed by atoms with Crippen LogP contribution in [0, 0.1) is 56.7 Å². The maximum absolute atomic E-state index is 11.6. The number of hydrogen-bond acceptors (Lipinski definition) is 8. The molecule has 8 nitrogen and oxygen atoms in total. The first kappa shape index (κ1) is 116. The number of carboxylic acid groups (broad SMARTS) is 1. The van der Waals surface area contributed by atoms with E-state index in [2.05, 4.69) is 388 Å². The van der Waals surface area contributed by atoms with Crippen molar-refractivity contribution < 1.29 is 34.4 Å². The summed E-state index contributed by atoms with van der Waals surface area (Å²) in [5.74, 6) is 10.0. The number of carboxylic acids is 1. The van der Waals surface area contributed by atoms with Gasteiger partial charge in [0, 0.05) is 16.7 Å². The molecule has 0 radical (unpaired) electrons. The van der Waals surface area contributed by atoms with E-state index in [1.54, 1.807) is 42.3 Å². The zero-order valence-corrected chi connectivity index (χ0v) is 93.7. The van der Waals surface area contributed by atoms with Crippen LogP contribution in [0.3, 0.4) is 0 Å². The van der Waals surface area contributed by atoms with E-state index >= 15 is 0 Å². The molecule has 4 bridgehead atoms. The number of benzene rings is 4. The Labute approximate surface area is 880 Å². The fraction of sp³-hybridized carbons (Fsp3) is 0.449. The monoisotopic (exact) mass is 1970 g/mol. The number of rotatable bonds is 27. The third kappa shape index (κ3) is 36.6. The molecule has 145 heavy (non-hydrogen) atoms. The molecule has 9 heteroatoms. The van der Waals surface area contributed by atoms with E-state index in [0.29, 0.717) is 39.7 Å². The number of aromatic carboxylic acids is 1. The summed E-state index contributed by atoms with van der Waals surface area (Å²) in [6.45, 7) is 51.0. The smallest absolute Gasteiger partial charge is 0.339 e. The van der Waals surface area contributed by atoms with Crippen LogP contribution in [-0.2, 0) is 16.6 Å². The number of aliphatic hydroxyl groups is 2. The van der Waals surface area contributed by atoms with Gasteiger partial charge in [-0.1, -0.05) is 381 Å². The molecular weight excluding hydrogens is 1790 g/mol. The Morgan fingerprint density at radius 3 is 1.30 bits per heavy atom. The quantitative estimate of drug-likeness (QED) is 0.0268. The van der Waals surface area contributed by atoms with Crippen molar-refractivity contribution in [1.82, 2.24) is 4.98 Å². The number of carbonyl (C=O) groups excluding carboxylic acids is 1. The van der Waals surface area contributed by atoms with Gasteiger partial charge in [0.05, 0.1) is 37.1 Å². The van der Waals surface area contributed by atoms with Gasteiger partial charge >= 0.3 is 11.9 Å².